The van der Waals surface area contributed by atoms with Crippen LogP contribution < -0.4 is 9.62 Å². The van der Waals surface area contributed by atoms with E-state index in [2.05, 4.69) is 9.71 Å². The zero-order chi connectivity index (χ0) is 25.4. The van der Waals surface area contributed by atoms with Crippen molar-refractivity contribution in [1.29, 1.82) is 0 Å². The lowest BCUT2D eigenvalue weighted by molar-refractivity contribution is -0.192. The number of anilines is 2. The van der Waals surface area contributed by atoms with Crippen LogP contribution in [0.3, 0.4) is 0 Å². The molecule has 182 valence electrons. The summed E-state index contributed by atoms with van der Waals surface area (Å²) in [5, 5.41) is 16.5. The number of sulfonamides is 1. The number of aliphatic carboxylic acids is 1. The van der Waals surface area contributed by atoms with Gasteiger partial charge < -0.3 is 15.1 Å². The Labute approximate surface area is 186 Å². The number of benzene rings is 1. The Morgan fingerprint density at radius 2 is 1.79 bits per heavy atom. The van der Waals surface area contributed by atoms with Crippen LogP contribution in [0.5, 0.6) is 0 Å². The van der Waals surface area contributed by atoms with Gasteiger partial charge >= 0.3 is 18.1 Å². The highest BCUT2D eigenvalue weighted by atomic mass is 32.2. The molecule has 0 fully saturated rings. The van der Waals surface area contributed by atoms with Crippen LogP contribution in [-0.2, 0) is 14.8 Å². The summed E-state index contributed by atoms with van der Waals surface area (Å²) in [5.74, 6) is -4.42. The van der Waals surface area contributed by atoms with Crippen LogP contribution in [0, 0.1) is 5.82 Å². The number of nitrogens with zero attached hydrogens (tertiary/aromatic N) is 2. The fourth-order valence-corrected chi connectivity index (χ4v) is 3.39. The quantitative estimate of drug-likeness (QED) is 0.473. The van der Waals surface area contributed by atoms with Crippen molar-refractivity contribution in [1.82, 2.24) is 4.98 Å². The first-order valence-electron chi connectivity index (χ1n) is 9.22. The second kappa shape index (κ2) is 11.4. The molecule has 2 aromatic rings. The van der Waals surface area contributed by atoms with Gasteiger partial charge in [-0.15, -0.1) is 0 Å². The number of aromatic carboxylic acids is 1. The van der Waals surface area contributed by atoms with E-state index in [-0.39, 0.29) is 22.0 Å². The Bertz CT molecular complexity index is 1090. The Hall–Kier alpha value is -3.42. The zero-order valence-corrected chi connectivity index (χ0v) is 18.2. The highest BCUT2D eigenvalue weighted by Crippen LogP contribution is 2.23. The van der Waals surface area contributed by atoms with E-state index in [1.165, 1.54) is 24.4 Å². The summed E-state index contributed by atoms with van der Waals surface area (Å²) in [4.78, 5) is 26.0. The molecule has 0 saturated heterocycles. The van der Waals surface area contributed by atoms with Gasteiger partial charge in [-0.2, -0.15) is 13.2 Å². The van der Waals surface area contributed by atoms with E-state index in [1.807, 2.05) is 6.92 Å². The van der Waals surface area contributed by atoms with Crippen LogP contribution in [0.2, 0.25) is 0 Å². The van der Waals surface area contributed by atoms with Crippen molar-refractivity contribution >= 4 is 33.5 Å². The van der Waals surface area contributed by atoms with Gasteiger partial charge in [0.05, 0.1) is 16.8 Å². The number of hydrogen-bond donors (Lipinski definition) is 3. The molecule has 0 aliphatic carbocycles. The van der Waals surface area contributed by atoms with Crippen molar-refractivity contribution < 1.29 is 45.8 Å². The van der Waals surface area contributed by atoms with Gasteiger partial charge in [-0.3, -0.25) is 4.72 Å². The molecule has 33 heavy (non-hydrogen) atoms. The molecule has 0 bridgehead atoms. The number of hydrogen-bond acceptors (Lipinski definition) is 6. The normalized spacial score (nSPS) is 11.2. The van der Waals surface area contributed by atoms with Crippen LogP contribution in [0.25, 0.3) is 0 Å². The van der Waals surface area contributed by atoms with E-state index in [9.17, 15) is 35.9 Å². The molecule has 3 N–H and O–H groups in total. The summed E-state index contributed by atoms with van der Waals surface area (Å²) in [7, 11) is -2.34. The predicted octanol–water partition coefficient (Wildman–Crippen LogP) is 3.59. The molecule has 0 radical (unpaired) electrons. The van der Waals surface area contributed by atoms with Gasteiger partial charge in [0, 0.05) is 13.6 Å². The van der Waals surface area contributed by atoms with Gasteiger partial charge in [-0.1, -0.05) is 19.4 Å². The minimum absolute atomic E-state index is 0.0145. The molecule has 1 aromatic carbocycles. The molecule has 0 spiro atoms. The van der Waals surface area contributed by atoms with Crippen LogP contribution in [0.15, 0.2) is 41.4 Å². The van der Waals surface area contributed by atoms with Crippen molar-refractivity contribution in [3.8, 4) is 0 Å². The van der Waals surface area contributed by atoms with Gasteiger partial charge in [-0.25, -0.2) is 27.4 Å². The van der Waals surface area contributed by atoms with Crippen molar-refractivity contribution in [2.75, 3.05) is 23.2 Å². The fourth-order valence-electron chi connectivity index (χ4n) is 2.32. The standard InChI is InChI=1S/C17H20FN3O4S.C2HF3O2/c1-3-4-8-21(2)16-15(17(22)23)10-13(11-19-16)20-26(24,25)14-7-5-6-12(18)9-14;3-2(4,5)1(6)7/h5-7,9-11,20H,3-4,8H2,1-2H3,(H,22,23);(H,6,7). The van der Waals surface area contributed by atoms with E-state index in [0.717, 1.165) is 25.0 Å². The molecule has 0 amide bonds. The number of alkyl halides is 3. The molecule has 14 heteroatoms. The molecule has 0 aliphatic heterocycles. The number of halogens is 4. The number of carboxylic acids is 2. The maximum Gasteiger partial charge on any atom is 0.490 e. The summed E-state index contributed by atoms with van der Waals surface area (Å²) in [6, 6.07) is 5.72. The summed E-state index contributed by atoms with van der Waals surface area (Å²) < 4.78 is 71.9. The third kappa shape index (κ3) is 8.56. The zero-order valence-electron chi connectivity index (χ0n) is 17.4. The van der Waals surface area contributed by atoms with E-state index in [4.69, 9.17) is 9.90 Å². The largest absolute Gasteiger partial charge is 0.490 e. The predicted molar refractivity (Wildman–Crippen MR) is 110 cm³/mol. The molecule has 0 aliphatic rings. The second-order valence-electron chi connectivity index (χ2n) is 6.54. The first-order chi connectivity index (χ1) is 15.2. The lowest BCUT2D eigenvalue weighted by atomic mass is 10.2. The summed E-state index contributed by atoms with van der Waals surface area (Å²) in [6.45, 7) is 2.64. The average molecular weight is 495 g/mol. The fraction of sp³-hybridized carbons (Fsp3) is 0.316. The van der Waals surface area contributed by atoms with E-state index in [0.29, 0.717) is 6.54 Å². The number of pyridine rings is 1. The van der Waals surface area contributed by atoms with Gasteiger partial charge in [-0.05, 0) is 30.7 Å². The summed E-state index contributed by atoms with van der Waals surface area (Å²) in [5.41, 5.74) is -0.137. The minimum atomic E-state index is -5.08. The van der Waals surface area contributed by atoms with Crippen molar-refractivity contribution in [3.63, 3.8) is 0 Å². The number of aromatic nitrogens is 1. The Morgan fingerprint density at radius 1 is 1.18 bits per heavy atom. The van der Waals surface area contributed by atoms with Crippen LogP contribution in [0.1, 0.15) is 30.1 Å². The molecule has 0 saturated carbocycles. The number of rotatable bonds is 8. The molecule has 0 atom stereocenters. The van der Waals surface area contributed by atoms with Gasteiger partial charge in [0.2, 0.25) is 0 Å². The number of nitrogens with one attached hydrogen (secondary N) is 1. The van der Waals surface area contributed by atoms with Crippen LogP contribution in [0.4, 0.5) is 29.1 Å². The Balaban J connectivity index is 0.000000675. The first-order valence-corrected chi connectivity index (χ1v) is 10.7. The van der Waals surface area contributed by atoms with Crippen LogP contribution in [-0.4, -0.2) is 55.3 Å². The minimum Gasteiger partial charge on any atom is -0.478 e. The smallest absolute Gasteiger partial charge is 0.478 e. The Morgan fingerprint density at radius 3 is 2.27 bits per heavy atom. The van der Waals surface area contributed by atoms with E-state index < -0.39 is 34.0 Å². The Kier molecular flexibility index (Phi) is 9.58. The highest BCUT2D eigenvalue weighted by molar-refractivity contribution is 7.92. The van der Waals surface area contributed by atoms with Gasteiger partial charge in [0.15, 0.2) is 0 Å². The molecular weight excluding hydrogens is 474 g/mol. The number of carbonyl (C=O) groups is 2. The topological polar surface area (TPSA) is 137 Å². The number of carboxylic acid groups (broad SMARTS) is 2. The SMILES string of the molecule is CCCCN(C)c1ncc(NS(=O)(=O)c2cccc(F)c2)cc1C(=O)O.O=C(O)C(F)(F)F. The molecule has 1 heterocycles. The van der Waals surface area contributed by atoms with Crippen molar-refractivity contribution in [2.24, 2.45) is 0 Å². The summed E-state index contributed by atoms with van der Waals surface area (Å²) >= 11 is 0. The number of unbranched alkanes of at least 4 members (excludes halogenated alkanes) is 1. The van der Waals surface area contributed by atoms with Gasteiger partial charge in [0.25, 0.3) is 10.0 Å². The van der Waals surface area contributed by atoms with Crippen LogP contribution >= 0.6 is 0 Å². The molecule has 1 aromatic heterocycles. The average Bonchev–Trinajstić information content (AvgIpc) is 2.71. The molecule has 9 nitrogen and oxygen atoms in total. The maximum absolute atomic E-state index is 13.3. The molecule has 2 rings (SSSR count). The first kappa shape index (κ1) is 27.6. The van der Waals surface area contributed by atoms with Gasteiger partial charge in [0.1, 0.15) is 17.2 Å². The lowest BCUT2D eigenvalue weighted by Crippen LogP contribution is -2.23. The lowest BCUT2D eigenvalue weighted by Gasteiger charge is -2.20. The maximum atomic E-state index is 13.3. The monoisotopic (exact) mass is 495 g/mol. The van der Waals surface area contributed by atoms with Crippen molar-refractivity contribution in [3.05, 3.63) is 47.9 Å². The molecule has 0 unspecified atom stereocenters. The van der Waals surface area contributed by atoms with Crippen molar-refractivity contribution in [2.45, 2.75) is 30.8 Å². The summed E-state index contributed by atoms with van der Waals surface area (Å²) in [6.07, 6.45) is -2.04. The highest BCUT2D eigenvalue weighted by Gasteiger charge is 2.38. The third-order valence-corrected chi connectivity index (χ3v) is 5.29. The third-order valence-electron chi connectivity index (χ3n) is 3.91. The second-order valence-corrected chi connectivity index (χ2v) is 8.22. The van der Waals surface area contributed by atoms with E-state index >= 15 is 0 Å². The van der Waals surface area contributed by atoms with E-state index in [1.54, 1.807) is 11.9 Å². The molecular formula is C19H21F4N3O6S.